The Morgan fingerprint density at radius 3 is 1.84 bits per heavy atom. The van der Waals surface area contributed by atoms with Crippen LogP contribution in [0.5, 0.6) is 0 Å². The van der Waals surface area contributed by atoms with Crippen molar-refractivity contribution in [1.82, 2.24) is 4.90 Å². The number of terminal acetylenes is 3. The third-order valence-electron chi connectivity index (χ3n) is 6.87. The number of hydrogen-bond donors (Lipinski definition) is 2. The number of nitrogens with zero attached hydrogens (tertiary/aromatic N) is 1. The molecule has 4 rings (SSSR count). The number of quaternary nitrogens is 1. The molecule has 0 spiro atoms. The van der Waals surface area contributed by atoms with Gasteiger partial charge in [0.1, 0.15) is 12.5 Å². The highest BCUT2D eigenvalue weighted by atomic mass is 16.5. The molecule has 234 valence electrons. The van der Waals surface area contributed by atoms with Crippen molar-refractivity contribution in [3.8, 4) is 38.5 Å². The number of nitrogens with two attached hydrogens (primary N) is 1. The number of nitrogens with one attached hydrogen (secondary N) is 1. The highest BCUT2D eigenvalue weighted by Crippen LogP contribution is 2.19. The van der Waals surface area contributed by atoms with Crippen LogP contribution in [-0.4, -0.2) is 55.9 Å². The standard InChI is InChI=1S/C20H31N3O2.C6H12.C6H6.3C2H2/c1-4-25-15-17(3)22-16(2)9-8-10-18-13-21-14-19(18)20(24)23-11-6-5-7-12-23;2*1-2-4-6-5-3-1;3*1-2/h8-10,19,21H,3-7,11-15H2,1-2H3;1-6H2;1-6H;3*1-2H/p+2/b9-8-,18-10-,22-16?;;;;;. The first kappa shape index (κ1) is 41.3. The number of rotatable bonds is 7. The summed E-state index contributed by atoms with van der Waals surface area (Å²) in [6.07, 6.45) is 42.7. The van der Waals surface area contributed by atoms with Crippen LogP contribution in [0.3, 0.4) is 0 Å². The van der Waals surface area contributed by atoms with E-state index in [-0.39, 0.29) is 5.92 Å². The van der Waals surface area contributed by atoms with Gasteiger partial charge in [0, 0.05) is 38.3 Å². The van der Waals surface area contributed by atoms with Crippen LogP contribution in [0.1, 0.15) is 71.6 Å². The van der Waals surface area contributed by atoms with Gasteiger partial charge in [-0.05, 0) is 32.8 Å². The van der Waals surface area contributed by atoms with Crippen LogP contribution in [-0.2, 0) is 9.53 Å². The quantitative estimate of drug-likeness (QED) is 0.364. The monoisotopic (exact) mass is 587 g/mol. The van der Waals surface area contributed by atoms with Crippen LogP contribution in [0, 0.1) is 44.5 Å². The van der Waals surface area contributed by atoms with E-state index in [1.54, 1.807) is 0 Å². The van der Waals surface area contributed by atoms with Gasteiger partial charge in [-0.1, -0.05) is 87.1 Å². The van der Waals surface area contributed by atoms with E-state index in [9.17, 15) is 4.79 Å². The fourth-order valence-electron chi connectivity index (χ4n) is 4.83. The van der Waals surface area contributed by atoms with Crippen LogP contribution in [0.15, 0.2) is 72.5 Å². The van der Waals surface area contributed by atoms with Crippen molar-refractivity contribution in [2.45, 2.75) is 71.6 Å². The minimum atomic E-state index is 0.0453. The zero-order valence-electron chi connectivity index (χ0n) is 26.9. The van der Waals surface area contributed by atoms with Crippen LogP contribution in [0.25, 0.3) is 0 Å². The maximum absolute atomic E-state index is 12.8. The number of amides is 1. The molecule has 3 N–H and O–H groups in total. The molecule has 1 aromatic rings. The van der Waals surface area contributed by atoms with Crippen molar-refractivity contribution >= 4 is 11.6 Å². The van der Waals surface area contributed by atoms with Gasteiger partial charge in [-0.3, -0.25) is 4.79 Å². The normalized spacial score (nSPS) is 18.3. The van der Waals surface area contributed by atoms with E-state index >= 15 is 0 Å². The molecule has 2 aliphatic heterocycles. The highest BCUT2D eigenvalue weighted by Gasteiger charge is 2.34. The number of carbonyl (C=O) groups is 1. The summed E-state index contributed by atoms with van der Waals surface area (Å²) < 4.78 is 5.32. The summed E-state index contributed by atoms with van der Waals surface area (Å²) in [5.41, 5.74) is 3.10. The molecule has 3 aliphatic rings. The Labute approximate surface area is 264 Å². The summed E-state index contributed by atoms with van der Waals surface area (Å²) >= 11 is 0. The Morgan fingerprint density at radius 1 is 0.907 bits per heavy atom. The predicted octanol–water partition coefficient (Wildman–Crippen LogP) is 4.54. The Balaban J connectivity index is 0. The molecule has 1 saturated carbocycles. The van der Waals surface area contributed by atoms with Gasteiger partial charge >= 0.3 is 0 Å². The molecule has 5 heteroatoms. The molecular formula is C38H57N3O2+2. The smallest absolute Gasteiger partial charge is 0.235 e. The molecule has 1 aromatic carbocycles. The summed E-state index contributed by atoms with van der Waals surface area (Å²) in [4.78, 5) is 18.0. The molecule has 2 heterocycles. The molecule has 1 aliphatic carbocycles. The third-order valence-corrected chi connectivity index (χ3v) is 6.87. The number of hydrogen-bond acceptors (Lipinski definition) is 2. The molecule has 0 aromatic heterocycles. The van der Waals surface area contributed by atoms with Crippen LogP contribution in [0.2, 0.25) is 0 Å². The van der Waals surface area contributed by atoms with Gasteiger partial charge in [-0.15, -0.1) is 38.5 Å². The second kappa shape index (κ2) is 31.1. The minimum absolute atomic E-state index is 0.0453. The largest absolute Gasteiger partial charge is 0.371 e. The lowest BCUT2D eigenvalue weighted by Gasteiger charge is -2.28. The fourth-order valence-corrected chi connectivity index (χ4v) is 4.83. The van der Waals surface area contributed by atoms with Gasteiger partial charge in [0.25, 0.3) is 0 Å². The molecule has 1 unspecified atom stereocenters. The Kier molecular flexibility index (Phi) is 29.9. The molecule has 0 bridgehead atoms. The lowest BCUT2D eigenvalue weighted by molar-refractivity contribution is -0.634. The van der Waals surface area contributed by atoms with E-state index in [1.165, 1.54) is 50.5 Å². The van der Waals surface area contributed by atoms with E-state index in [1.807, 2.05) is 62.4 Å². The van der Waals surface area contributed by atoms with E-state index in [0.717, 1.165) is 50.4 Å². The van der Waals surface area contributed by atoms with Crippen LogP contribution < -0.4 is 10.3 Å². The van der Waals surface area contributed by atoms with Crippen LogP contribution >= 0.6 is 0 Å². The van der Waals surface area contributed by atoms with Gasteiger partial charge in [0.05, 0.1) is 13.1 Å². The number of allylic oxidation sites excluding steroid dienone is 3. The van der Waals surface area contributed by atoms with Crippen molar-refractivity contribution in [1.29, 1.82) is 0 Å². The topological polar surface area (TPSA) is 60.1 Å². The first-order chi connectivity index (χ1) is 21.1. The van der Waals surface area contributed by atoms with E-state index in [0.29, 0.717) is 19.1 Å². The molecule has 0 radical (unpaired) electrons. The van der Waals surface area contributed by atoms with E-state index < -0.39 is 0 Å². The second-order valence-electron chi connectivity index (χ2n) is 10.1. The SMILES string of the molecule is C#C.C#C.C#C.C1CCCCC1.C=C(COCC)[NH+]=C(C)/C=C\C=C1\C[NH2+]CC1C(=O)N1CCCCC1.c1ccccc1. The van der Waals surface area contributed by atoms with Crippen molar-refractivity contribution in [3.63, 3.8) is 0 Å². The first-order valence-corrected chi connectivity index (χ1v) is 15.5. The van der Waals surface area contributed by atoms with Gasteiger partial charge in [-0.25, -0.2) is 4.99 Å². The molecule has 5 nitrogen and oxygen atoms in total. The molecule has 1 amide bonds. The van der Waals surface area contributed by atoms with Crippen molar-refractivity contribution < 1.29 is 19.8 Å². The Bertz CT molecular complexity index is 923. The number of carbonyl (C=O) groups excluding carboxylic acids is 1. The average Bonchev–Trinajstić information content (AvgIpc) is 3.57. The van der Waals surface area contributed by atoms with Crippen molar-refractivity contribution in [2.24, 2.45) is 5.92 Å². The van der Waals surface area contributed by atoms with Gasteiger partial charge in [0.15, 0.2) is 11.4 Å². The molecule has 2 saturated heterocycles. The summed E-state index contributed by atoms with van der Waals surface area (Å²) in [5.74, 6) is 0.362. The van der Waals surface area contributed by atoms with Gasteiger partial charge < -0.3 is 15.0 Å². The van der Waals surface area contributed by atoms with Crippen molar-refractivity contribution in [2.75, 3.05) is 39.4 Å². The minimum Gasteiger partial charge on any atom is -0.371 e. The molecular weight excluding hydrogens is 530 g/mol. The maximum Gasteiger partial charge on any atom is 0.235 e. The summed E-state index contributed by atoms with van der Waals surface area (Å²) in [6, 6.07) is 12.0. The third kappa shape index (κ3) is 21.5. The van der Waals surface area contributed by atoms with E-state index in [4.69, 9.17) is 4.74 Å². The number of piperidine rings is 1. The first-order valence-electron chi connectivity index (χ1n) is 15.5. The summed E-state index contributed by atoms with van der Waals surface area (Å²) in [7, 11) is 0. The Morgan fingerprint density at radius 2 is 1.37 bits per heavy atom. The van der Waals surface area contributed by atoms with Crippen LogP contribution in [0.4, 0.5) is 0 Å². The number of likely N-dealkylation sites (tertiary alicyclic amines) is 1. The zero-order valence-corrected chi connectivity index (χ0v) is 26.9. The van der Waals surface area contributed by atoms with E-state index in [2.05, 4.69) is 66.4 Å². The van der Waals surface area contributed by atoms with Gasteiger partial charge in [0.2, 0.25) is 5.91 Å². The Hall–Kier alpha value is -3.82. The summed E-state index contributed by atoms with van der Waals surface area (Å²) in [5, 5.41) is 2.23. The zero-order chi connectivity index (χ0) is 32.6. The lowest BCUT2D eigenvalue weighted by atomic mass is 9.99. The number of benzene rings is 1. The summed E-state index contributed by atoms with van der Waals surface area (Å²) in [6.45, 7) is 12.8. The number of ether oxygens (including phenoxy) is 1. The molecule has 1 atom stereocenters. The second-order valence-corrected chi connectivity index (χ2v) is 10.1. The highest BCUT2D eigenvalue weighted by molar-refractivity contribution is 5.88. The van der Waals surface area contributed by atoms with Crippen molar-refractivity contribution in [3.05, 3.63) is 72.5 Å². The fraction of sp³-hybridized carbons (Fsp3) is 0.474. The molecule has 3 fully saturated rings. The molecule has 43 heavy (non-hydrogen) atoms. The lowest BCUT2D eigenvalue weighted by Crippen LogP contribution is -2.81. The maximum atomic E-state index is 12.8. The van der Waals surface area contributed by atoms with Gasteiger partial charge in [-0.2, -0.15) is 0 Å². The average molecular weight is 588 g/mol. The predicted molar refractivity (Wildman–Crippen MR) is 184 cm³/mol.